The molecule has 51 heavy (non-hydrogen) atoms. The van der Waals surface area contributed by atoms with Crippen LogP contribution in [-0.4, -0.2) is 105 Å². The molecule has 5 N–H and O–H groups in total. The summed E-state index contributed by atoms with van der Waals surface area (Å²) >= 11 is 12.3. The van der Waals surface area contributed by atoms with Gasteiger partial charge in [-0.2, -0.15) is 0 Å². The summed E-state index contributed by atoms with van der Waals surface area (Å²) in [5.41, 5.74) is 0.192. The summed E-state index contributed by atoms with van der Waals surface area (Å²) in [7, 11) is 0. The molecule has 5 unspecified atom stereocenters. The minimum atomic E-state index is -1.31. The first kappa shape index (κ1) is 35.7. The lowest BCUT2D eigenvalue weighted by atomic mass is 9.78. The number of benzene rings is 2. The highest BCUT2D eigenvalue weighted by molar-refractivity contribution is 6.31. The summed E-state index contributed by atoms with van der Waals surface area (Å²) in [4.78, 5) is 73.1. The van der Waals surface area contributed by atoms with Gasteiger partial charge in [0.2, 0.25) is 5.91 Å². The number of ether oxygens (including phenoxy) is 2. The van der Waals surface area contributed by atoms with Crippen LogP contribution in [0.4, 0.5) is 9.59 Å². The number of nitrogens with one attached hydrogen (secondary N) is 3. The number of piperazine rings is 1. The molecular weight excluding hydrogens is 707 g/mol. The van der Waals surface area contributed by atoms with Crippen molar-refractivity contribution in [2.24, 2.45) is 11.8 Å². The van der Waals surface area contributed by atoms with Gasteiger partial charge in [0, 0.05) is 47.7 Å². The van der Waals surface area contributed by atoms with Crippen molar-refractivity contribution >= 4 is 58.2 Å². The molecule has 1 aromatic heterocycles. The molecule has 0 spiro atoms. The van der Waals surface area contributed by atoms with Crippen LogP contribution in [0, 0.1) is 23.7 Å². The Kier molecular flexibility index (Phi) is 10.2. The molecule has 3 aromatic rings. The second-order valence-electron chi connectivity index (χ2n) is 12.2. The van der Waals surface area contributed by atoms with E-state index in [4.69, 9.17) is 32.7 Å². The van der Waals surface area contributed by atoms with Gasteiger partial charge in [-0.3, -0.25) is 9.59 Å². The molecule has 2 saturated heterocycles. The maximum Gasteiger partial charge on any atom is 0.415 e. The molecule has 17 heteroatoms. The number of β-lactam (4-membered cyclic amide) rings is 1. The van der Waals surface area contributed by atoms with Gasteiger partial charge in [-0.15, -0.1) is 0 Å². The molecule has 3 aliphatic heterocycles. The predicted molar refractivity (Wildman–Crippen MR) is 184 cm³/mol. The minimum Gasteiger partial charge on any atom is -0.477 e. The van der Waals surface area contributed by atoms with E-state index in [9.17, 15) is 34.2 Å². The first-order valence-electron chi connectivity index (χ1n) is 15.9. The number of carboxylic acid groups (broad SMARTS) is 1. The van der Waals surface area contributed by atoms with E-state index in [-0.39, 0.29) is 53.5 Å². The highest BCUT2D eigenvalue weighted by atomic mass is 35.5. The number of carbonyl (C=O) groups excluding carboxylic acids is 3. The normalized spacial score (nSPS) is 21.7. The van der Waals surface area contributed by atoms with Crippen molar-refractivity contribution in [1.29, 1.82) is 0 Å². The summed E-state index contributed by atoms with van der Waals surface area (Å²) < 4.78 is 10.9. The van der Waals surface area contributed by atoms with Gasteiger partial charge in [0.05, 0.1) is 40.6 Å². The summed E-state index contributed by atoms with van der Waals surface area (Å²) in [5.74, 6) is 2.66. The maximum absolute atomic E-state index is 13.5. The second kappa shape index (κ2) is 14.6. The fourth-order valence-corrected chi connectivity index (χ4v) is 6.91. The largest absolute Gasteiger partial charge is 0.477 e. The standard InChI is InChI=1S/C34H32Cl2N6O9/c1-16-21(28(32(46)47)42-27(16)26(17(2)43)31(42)45)4-3-11-50-33(48)38-15-20-14-37-9-10-41(20)34(49)51-25-8-6-19(36)13-23(25)29-39-24-7-5-18(35)12-22(24)30(44)40-29/h5-8,12-13,16-17,20,26-27,37,43H,9-11,14-15H2,1-2H3,(H,38,48)(H,46,47)(H,39,40,44). The molecular formula is C34H32Cl2N6O9. The molecule has 0 bridgehead atoms. The van der Waals surface area contributed by atoms with Gasteiger partial charge in [0.15, 0.2) is 6.61 Å². The molecule has 0 radical (unpaired) electrons. The van der Waals surface area contributed by atoms with Crippen LogP contribution in [0.5, 0.6) is 5.75 Å². The lowest BCUT2D eigenvalue weighted by molar-refractivity contribution is -0.163. The molecule has 0 saturated carbocycles. The molecule has 4 heterocycles. The van der Waals surface area contributed by atoms with Crippen molar-refractivity contribution in [2.75, 3.05) is 32.8 Å². The Labute approximate surface area is 300 Å². The van der Waals surface area contributed by atoms with Gasteiger partial charge >= 0.3 is 18.2 Å². The van der Waals surface area contributed by atoms with Crippen LogP contribution in [0.15, 0.2) is 52.5 Å². The van der Waals surface area contributed by atoms with Gasteiger partial charge in [-0.1, -0.05) is 42.0 Å². The van der Waals surface area contributed by atoms with Gasteiger partial charge in [0.25, 0.3) is 5.56 Å². The number of aliphatic hydroxyl groups is 1. The van der Waals surface area contributed by atoms with Gasteiger partial charge in [-0.25, -0.2) is 19.4 Å². The number of aliphatic hydroxyl groups excluding tert-OH is 1. The number of carbonyl (C=O) groups is 4. The molecule has 6 rings (SSSR count). The quantitative estimate of drug-likeness (QED) is 0.176. The average Bonchev–Trinajstić information content (AvgIpc) is 3.34. The third-order valence-electron chi connectivity index (χ3n) is 9.00. The first-order valence-corrected chi connectivity index (χ1v) is 16.7. The third-order valence-corrected chi connectivity index (χ3v) is 9.47. The number of alkyl carbamates (subject to hydrolysis) is 1. The molecule has 2 fully saturated rings. The zero-order valence-electron chi connectivity index (χ0n) is 27.2. The molecule has 5 atom stereocenters. The number of hydrogen-bond acceptors (Lipinski definition) is 10. The van der Waals surface area contributed by atoms with E-state index in [0.717, 1.165) is 4.90 Å². The Morgan fingerprint density at radius 2 is 1.90 bits per heavy atom. The number of fused-ring (bicyclic) bond motifs is 2. The lowest BCUT2D eigenvalue weighted by Gasteiger charge is -2.46. The summed E-state index contributed by atoms with van der Waals surface area (Å²) in [5, 5.41) is 26.5. The molecule has 2 aromatic carbocycles. The van der Waals surface area contributed by atoms with Crippen LogP contribution in [0.2, 0.25) is 10.0 Å². The van der Waals surface area contributed by atoms with Crippen molar-refractivity contribution in [2.45, 2.75) is 32.0 Å². The van der Waals surface area contributed by atoms with E-state index in [2.05, 4.69) is 32.4 Å². The number of amides is 3. The summed E-state index contributed by atoms with van der Waals surface area (Å²) in [6, 6.07) is 8.19. The van der Waals surface area contributed by atoms with E-state index >= 15 is 0 Å². The third kappa shape index (κ3) is 7.08. The van der Waals surface area contributed by atoms with Crippen LogP contribution < -0.4 is 20.9 Å². The zero-order valence-corrected chi connectivity index (χ0v) is 28.7. The number of aromatic nitrogens is 2. The Balaban J connectivity index is 1.08. The van der Waals surface area contributed by atoms with Gasteiger partial charge in [0.1, 0.15) is 17.3 Å². The number of aromatic amines is 1. The molecule has 15 nitrogen and oxygen atoms in total. The summed E-state index contributed by atoms with van der Waals surface area (Å²) in [6.07, 6.45) is -2.48. The number of rotatable bonds is 7. The van der Waals surface area contributed by atoms with E-state index in [1.807, 2.05) is 0 Å². The maximum atomic E-state index is 13.5. The first-order chi connectivity index (χ1) is 24.3. The van der Waals surface area contributed by atoms with Crippen molar-refractivity contribution in [3.63, 3.8) is 0 Å². The van der Waals surface area contributed by atoms with Gasteiger partial charge < -0.3 is 45.1 Å². The minimum absolute atomic E-state index is 0.00518. The van der Waals surface area contributed by atoms with Crippen LogP contribution in [0.3, 0.4) is 0 Å². The molecule has 3 amide bonds. The number of carboxylic acids is 1. The van der Waals surface area contributed by atoms with Crippen LogP contribution >= 0.6 is 23.2 Å². The Hall–Kier alpha value is -5.14. The fourth-order valence-electron chi connectivity index (χ4n) is 6.56. The number of hydrogen-bond donors (Lipinski definition) is 5. The second-order valence-corrected chi connectivity index (χ2v) is 13.1. The van der Waals surface area contributed by atoms with E-state index in [0.29, 0.717) is 28.7 Å². The predicted octanol–water partition coefficient (Wildman–Crippen LogP) is 2.60. The molecule has 0 aliphatic carbocycles. The Bertz CT molecular complexity index is 2090. The van der Waals surface area contributed by atoms with E-state index in [1.165, 1.54) is 36.1 Å². The Morgan fingerprint density at radius 1 is 1.16 bits per heavy atom. The van der Waals surface area contributed by atoms with Crippen molar-refractivity contribution in [3.05, 3.63) is 68.1 Å². The van der Waals surface area contributed by atoms with Crippen LogP contribution in [0.25, 0.3) is 22.3 Å². The average molecular weight is 740 g/mol. The van der Waals surface area contributed by atoms with E-state index < -0.39 is 59.6 Å². The SMILES string of the molecule is CC(O)C1C(=O)N2C(C(=O)O)=C(C#CCOC(=O)NCC3CNCCN3C(=O)Oc3ccc(Cl)cc3-c3nc4ccc(Cl)cc4c(=O)[nH]3)C(C)C12. The highest BCUT2D eigenvalue weighted by Crippen LogP contribution is 2.46. The fraction of sp³-hybridized carbons (Fsp3) is 0.353. The van der Waals surface area contributed by atoms with Crippen molar-refractivity contribution in [1.82, 2.24) is 30.4 Å². The zero-order chi connectivity index (χ0) is 36.6. The number of H-pyrrole nitrogens is 1. The molecule has 266 valence electrons. The topological polar surface area (TPSA) is 203 Å². The number of aliphatic carboxylic acids is 1. The molecule has 3 aliphatic rings. The number of halogens is 2. The number of nitrogens with zero attached hydrogens (tertiary/aromatic N) is 3. The smallest absolute Gasteiger partial charge is 0.415 e. The lowest BCUT2D eigenvalue weighted by Crippen LogP contribution is -2.63. The van der Waals surface area contributed by atoms with Crippen molar-refractivity contribution < 1.29 is 38.9 Å². The monoisotopic (exact) mass is 738 g/mol. The van der Waals surface area contributed by atoms with Crippen LogP contribution in [-0.2, 0) is 14.3 Å². The highest BCUT2D eigenvalue weighted by Gasteiger charge is 2.59. The summed E-state index contributed by atoms with van der Waals surface area (Å²) in [6.45, 7) is 3.89. The van der Waals surface area contributed by atoms with Crippen molar-refractivity contribution in [3.8, 4) is 29.0 Å². The Morgan fingerprint density at radius 3 is 2.65 bits per heavy atom. The van der Waals surface area contributed by atoms with Gasteiger partial charge in [-0.05, 0) is 43.3 Å². The van der Waals surface area contributed by atoms with E-state index in [1.54, 1.807) is 19.1 Å². The van der Waals surface area contributed by atoms with Crippen LogP contribution in [0.1, 0.15) is 13.8 Å².